The Balaban J connectivity index is 1.60. The van der Waals surface area contributed by atoms with Crippen LogP contribution in [0, 0.1) is 0 Å². The molecule has 4 rings (SSSR count). The summed E-state index contributed by atoms with van der Waals surface area (Å²) in [6, 6.07) is 24.8. The number of hydrogen-bond acceptors (Lipinski definition) is 3. The summed E-state index contributed by atoms with van der Waals surface area (Å²) in [6.07, 6.45) is 0. The summed E-state index contributed by atoms with van der Waals surface area (Å²) >= 11 is 5.89. The van der Waals surface area contributed by atoms with E-state index in [0.29, 0.717) is 16.3 Å². The number of halogens is 1. The highest BCUT2D eigenvalue weighted by Crippen LogP contribution is 2.26. The van der Waals surface area contributed by atoms with Gasteiger partial charge in [0.2, 0.25) is 0 Å². The van der Waals surface area contributed by atoms with Crippen LogP contribution in [0.4, 0.5) is 11.4 Å². The number of aromatic nitrogens is 1. The third kappa shape index (κ3) is 4.23. The van der Waals surface area contributed by atoms with Crippen molar-refractivity contribution in [3.63, 3.8) is 0 Å². The molecule has 3 aromatic carbocycles. The normalized spacial score (nSPS) is 10.7. The van der Waals surface area contributed by atoms with Crippen molar-refractivity contribution in [3.8, 4) is 11.3 Å². The molecular weight excluding hydrogens is 382 g/mol. The Bertz CT molecular complexity index is 1190. The molecule has 1 aromatic heterocycles. The van der Waals surface area contributed by atoms with Crippen molar-refractivity contribution < 1.29 is 4.79 Å². The van der Waals surface area contributed by atoms with Crippen LogP contribution in [0.3, 0.4) is 0 Å². The average Bonchev–Trinajstić information content (AvgIpc) is 2.73. The van der Waals surface area contributed by atoms with Gasteiger partial charge in [0.25, 0.3) is 5.91 Å². The van der Waals surface area contributed by atoms with Crippen LogP contribution in [0.2, 0.25) is 5.02 Å². The Hall–Kier alpha value is -3.37. The van der Waals surface area contributed by atoms with Gasteiger partial charge in [-0.05, 0) is 60.7 Å². The van der Waals surface area contributed by atoms with Crippen molar-refractivity contribution in [1.82, 2.24) is 4.98 Å². The number of hydrogen-bond donors (Lipinski definition) is 1. The zero-order valence-electron chi connectivity index (χ0n) is 16.2. The highest BCUT2D eigenvalue weighted by molar-refractivity contribution is 6.30. The van der Waals surface area contributed by atoms with Gasteiger partial charge in [0, 0.05) is 47.0 Å². The topological polar surface area (TPSA) is 45.2 Å². The molecule has 0 aliphatic carbocycles. The third-order valence-electron chi connectivity index (χ3n) is 4.71. The number of benzene rings is 3. The molecule has 29 heavy (non-hydrogen) atoms. The van der Waals surface area contributed by atoms with Gasteiger partial charge in [0.1, 0.15) is 0 Å². The summed E-state index contributed by atoms with van der Waals surface area (Å²) in [4.78, 5) is 19.3. The van der Waals surface area contributed by atoms with Crippen molar-refractivity contribution in [1.29, 1.82) is 0 Å². The number of amides is 1. The lowest BCUT2D eigenvalue weighted by Gasteiger charge is -2.13. The number of fused-ring (bicyclic) bond motifs is 1. The van der Waals surface area contributed by atoms with Crippen molar-refractivity contribution in [2.75, 3.05) is 24.3 Å². The predicted molar refractivity (Wildman–Crippen MR) is 121 cm³/mol. The number of nitrogens with zero attached hydrogens (tertiary/aromatic N) is 2. The monoisotopic (exact) mass is 401 g/mol. The molecule has 5 heteroatoms. The van der Waals surface area contributed by atoms with Crippen LogP contribution in [0.1, 0.15) is 10.4 Å². The quantitative estimate of drug-likeness (QED) is 0.465. The van der Waals surface area contributed by atoms with Crippen LogP contribution in [-0.4, -0.2) is 25.0 Å². The third-order valence-corrected chi connectivity index (χ3v) is 4.96. The highest BCUT2D eigenvalue weighted by Gasteiger charge is 2.08. The maximum Gasteiger partial charge on any atom is 0.255 e. The summed E-state index contributed by atoms with van der Waals surface area (Å²) in [7, 11) is 4.04. The van der Waals surface area contributed by atoms with E-state index >= 15 is 0 Å². The molecule has 0 saturated carbocycles. The molecule has 144 valence electrons. The van der Waals surface area contributed by atoms with E-state index in [1.165, 1.54) is 0 Å². The Morgan fingerprint density at radius 1 is 0.931 bits per heavy atom. The lowest BCUT2D eigenvalue weighted by atomic mass is 10.1. The van der Waals surface area contributed by atoms with E-state index < -0.39 is 0 Å². The smallest absolute Gasteiger partial charge is 0.255 e. The molecule has 0 radical (unpaired) electrons. The fraction of sp³-hybridized carbons (Fsp3) is 0.0833. The van der Waals surface area contributed by atoms with Gasteiger partial charge >= 0.3 is 0 Å². The molecule has 0 atom stereocenters. The van der Waals surface area contributed by atoms with Crippen LogP contribution >= 0.6 is 11.6 Å². The van der Waals surface area contributed by atoms with Gasteiger partial charge in [0.05, 0.1) is 11.2 Å². The number of carbonyl (C=O) groups is 1. The van der Waals surface area contributed by atoms with Crippen LogP contribution in [-0.2, 0) is 0 Å². The molecule has 4 aromatic rings. The van der Waals surface area contributed by atoms with E-state index in [1.807, 2.05) is 50.5 Å². The Kier molecular flexibility index (Phi) is 5.19. The summed E-state index contributed by atoms with van der Waals surface area (Å²) in [5.74, 6) is -0.179. The molecule has 0 spiro atoms. The number of rotatable bonds is 4. The minimum absolute atomic E-state index is 0.179. The first kappa shape index (κ1) is 19.0. The standard InChI is InChI=1S/C24H20ClN3O/c1-28(2)21-11-13-23-18(15-21)8-12-22(27-23)17-4-3-5-20(14-17)26-24(29)16-6-9-19(25)10-7-16/h3-15H,1-2H3,(H,26,29). The maximum atomic E-state index is 12.5. The molecule has 1 N–H and O–H groups in total. The molecule has 0 aliphatic heterocycles. The minimum atomic E-state index is -0.179. The van der Waals surface area contributed by atoms with Gasteiger partial charge in [-0.15, -0.1) is 0 Å². The number of nitrogens with one attached hydrogen (secondary N) is 1. The molecule has 0 unspecified atom stereocenters. The summed E-state index contributed by atoms with van der Waals surface area (Å²) < 4.78 is 0. The predicted octanol–water partition coefficient (Wildman–Crippen LogP) is 5.87. The Morgan fingerprint density at radius 3 is 2.48 bits per heavy atom. The van der Waals surface area contributed by atoms with E-state index in [4.69, 9.17) is 16.6 Å². The largest absolute Gasteiger partial charge is 0.378 e. The first-order valence-electron chi connectivity index (χ1n) is 9.25. The fourth-order valence-corrected chi connectivity index (χ4v) is 3.24. The van der Waals surface area contributed by atoms with Crippen LogP contribution < -0.4 is 10.2 Å². The molecule has 1 amide bonds. The summed E-state index contributed by atoms with van der Waals surface area (Å²) in [5, 5.41) is 4.62. The summed E-state index contributed by atoms with van der Waals surface area (Å²) in [5.41, 5.74) is 5.14. The zero-order valence-corrected chi connectivity index (χ0v) is 16.9. The SMILES string of the molecule is CN(C)c1ccc2nc(-c3cccc(NC(=O)c4ccc(Cl)cc4)c3)ccc2c1. The lowest BCUT2D eigenvalue weighted by molar-refractivity contribution is 0.102. The van der Waals surface area contributed by atoms with Gasteiger partial charge in [-0.1, -0.05) is 29.8 Å². The first-order chi connectivity index (χ1) is 14.0. The van der Waals surface area contributed by atoms with Gasteiger partial charge in [-0.3, -0.25) is 4.79 Å². The molecule has 1 heterocycles. The van der Waals surface area contributed by atoms with Gasteiger partial charge in [-0.25, -0.2) is 4.98 Å². The lowest BCUT2D eigenvalue weighted by Crippen LogP contribution is -2.11. The molecule has 4 nitrogen and oxygen atoms in total. The zero-order chi connectivity index (χ0) is 20.4. The Labute approximate surface area is 174 Å². The average molecular weight is 402 g/mol. The molecule has 0 fully saturated rings. The van der Waals surface area contributed by atoms with E-state index in [1.54, 1.807) is 24.3 Å². The van der Waals surface area contributed by atoms with E-state index in [9.17, 15) is 4.79 Å². The van der Waals surface area contributed by atoms with E-state index in [-0.39, 0.29) is 5.91 Å². The number of pyridine rings is 1. The van der Waals surface area contributed by atoms with Crippen molar-refractivity contribution >= 4 is 39.8 Å². The van der Waals surface area contributed by atoms with Gasteiger partial charge in [0.15, 0.2) is 0 Å². The van der Waals surface area contributed by atoms with Crippen LogP contribution in [0.25, 0.3) is 22.2 Å². The van der Waals surface area contributed by atoms with Gasteiger partial charge < -0.3 is 10.2 Å². The van der Waals surface area contributed by atoms with Crippen molar-refractivity contribution in [2.45, 2.75) is 0 Å². The molecular formula is C24H20ClN3O. The number of carbonyl (C=O) groups excluding carboxylic acids is 1. The Morgan fingerprint density at radius 2 is 1.72 bits per heavy atom. The van der Waals surface area contributed by atoms with E-state index in [0.717, 1.165) is 27.8 Å². The second kappa shape index (κ2) is 7.94. The van der Waals surface area contributed by atoms with Crippen molar-refractivity contribution in [2.24, 2.45) is 0 Å². The van der Waals surface area contributed by atoms with E-state index in [2.05, 4.69) is 28.4 Å². The summed E-state index contributed by atoms with van der Waals surface area (Å²) in [6.45, 7) is 0. The minimum Gasteiger partial charge on any atom is -0.378 e. The molecule has 0 bridgehead atoms. The second-order valence-electron chi connectivity index (χ2n) is 7.01. The van der Waals surface area contributed by atoms with Crippen molar-refractivity contribution in [3.05, 3.63) is 89.4 Å². The van der Waals surface area contributed by atoms with Gasteiger partial charge in [-0.2, -0.15) is 0 Å². The number of anilines is 2. The van der Waals surface area contributed by atoms with Crippen LogP contribution in [0.5, 0.6) is 0 Å². The second-order valence-corrected chi connectivity index (χ2v) is 7.45. The highest BCUT2D eigenvalue weighted by atomic mass is 35.5. The molecule has 0 saturated heterocycles. The maximum absolute atomic E-state index is 12.5. The molecule has 0 aliphatic rings. The first-order valence-corrected chi connectivity index (χ1v) is 9.63. The fourth-order valence-electron chi connectivity index (χ4n) is 3.11. The van der Waals surface area contributed by atoms with Crippen LogP contribution in [0.15, 0.2) is 78.9 Å².